The van der Waals surface area contributed by atoms with Gasteiger partial charge in [0.05, 0.1) is 18.6 Å². The molecule has 0 spiro atoms. The molecular weight excluding hydrogens is 330 g/mol. The summed E-state index contributed by atoms with van der Waals surface area (Å²) in [6, 6.07) is 7.78. The van der Waals surface area contributed by atoms with E-state index >= 15 is 0 Å². The summed E-state index contributed by atoms with van der Waals surface area (Å²) in [5.74, 6) is 1.86. The molecule has 1 saturated heterocycles. The quantitative estimate of drug-likeness (QED) is 0.754. The number of amides is 2. The number of hydrogen-bond acceptors (Lipinski definition) is 4. The fourth-order valence-corrected chi connectivity index (χ4v) is 3.47. The van der Waals surface area contributed by atoms with Crippen molar-refractivity contribution >= 4 is 6.03 Å². The summed E-state index contributed by atoms with van der Waals surface area (Å²) < 4.78 is 11.0. The first kappa shape index (κ1) is 18.6. The van der Waals surface area contributed by atoms with E-state index in [1.807, 2.05) is 31.2 Å². The van der Waals surface area contributed by atoms with Crippen LogP contribution in [0, 0.1) is 0 Å². The number of piperidine rings is 1. The Morgan fingerprint density at radius 2 is 1.92 bits per heavy atom. The van der Waals surface area contributed by atoms with Gasteiger partial charge in [-0.3, -0.25) is 4.90 Å². The second-order valence-corrected chi connectivity index (χ2v) is 7.00. The molecule has 2 amide bonds. The number of likely N-dealkylation sites (tertiary alicyclic amines) is 1. The first-order valence-electron chi connectivity index (χ1n) is 9.56. The van der Waals surface area contributed by atoms with Gasteiger partial charge in [0.1, 0.15) is 11.5 Å². The zero-order valence-corrected chi connectivity index (χ0v) is 15.4. The summed E-state index contributed by atoms with van der Waals surface area (Å²) in [4.78, 5) is 14.7. The van der Waals surface area contributed by atoms with Crippen LogP contribution in [0.1, 0.15) is 50.2 Å². The van der Waals surface area contributed by atoms with Crippen molar-refractivity contribution < 1.29 is 13.6 Å². The first-order valence-corrected chi connectivity index (χ1v) is 9.56. The van der Waals surface area contributed by atoms with Crippen LogP contribution in [-0.2, 0) is 6.42 Å². The normalized spacial score (nSPS) is 17.6. The molecular formula is C20H29N3O3. The molecule has 3 rings (SSSR count). The van der Waals surface area contributed by atoms with Crippen molar-refractivity contribution in [2.75, 3.05) is 19.6 Å². The van der Waals surface area contributed by atoms with Crippen LogP contribution < -0.4 is 10.6 Å². The number of nitrogens with one attached hydrogen (secondary N) is 2. The second kappa shape index (κ2) is 9.48. The number of nitrogens with zero attached hydrogens (tertiary/aromatic N) is 1. The molecule has 3 heterocycles. The number of carbonyl (C=O) groups excluding carboxylic acids is 1. The van der Waals surface area contributed by atoms with Crippen LogP contribution in [0.2, 0.25) is 0 Å². The molecule has 6 nitrogen and oxygen atoms in total. The molecule has 1 fully saturated rings. The van der Waals surface area contributed by atoms with Gasteiger partial charge in [-0.1, -0.05) is 6.42 Å². The minimum Gasteiger partial charge on any atom is -0.469 e. The lowest BCUT2D eigenvalue weighted by atomic mass is 10.1. The standard InChI is InChI=1S/C20H29N3O3/c1-16(9-10-17-7-5-13-25-17)22-20(24)21-15-18(19-8-6-14-26-19)23-11-3-2-4-12-23/h5-8,13-14,16,18H,2-4,9-12,15H2,1H3,(H2,21,22,24). The van der Waals surface area contributed by atoms with Gasteiger partial charge in [-0.2, -0.15) is 0 Å². The Morgan fingerprint density at radius 1 is 1.15 bits per heavy atom. The van der Waals surface area contributed by atoms with Gasteiger partial charge in [0.15, 0.2) is 0 Å². The molecule has 26 heavy (non-hydrogen) atoms. The van der Waals surface area contributed by atoms with Crippen molar-refractivity contribution in [3.63, 3.8) is 0 Å². The van der Waals surface area contributed by atoms with Gasteiger partial charge < -0.3 is 19.5 Å². The Kier molecular flexibility index (Phi) is 6.77. The molecule has 2 N–H and O–H groups in total. The predicted octanol–water partition coefficient (Wildman–Crippen LogP) is 3.72. The highest BCUT2D eigenvalue weighted by atomic mass is 16.3. The Morgan fingerprint density at radius 3 is 2.62 bits per heavy atom. The van der Waals surface area contributed by atoms with Gasteiger partial charge in [0.2, 0.25) is 0 Å². The van der Waals surface area contributed by atoms with E-state index in [4.69, 9.17) is 8.83 Å². The third-order valence-corrected chi connectivity index (χ3v) is 4.94. The summed E-state index contributed by atoms with van der Waals surface area (Å²) in [5.41, 5.74) is 0. The number of furan rings is 2. The highest BCUT2D eigenvalue weighted by Crippen LogP contribution is 2.24. The van der Waals surface area contributed by atoms with Gasteiger partial charge in [-0.05, 0) is 63.5 Å². The number of aryl methyl sites for hydroxylation is 1. The molecule has 2 aromatic rings. The van der Waals surface area contributed by atoms with Gasteiger partial charge >= 0.3 is 6.03 Å². The molecule has 0 saturated carbocycles. The van der Waals surface area contributed by atoms with E-state index in [1.165, 1.54) is 19.3 Å². The van der Waals surface area contributed by atoms with Gasteiger partial charge in [-0.25, -0.2) is 4.79 Å². The average Bonchev–Trinajstić information content (AvgIpc) is 3.35. The monoisotopic (exact) mass is 359 g/mol. The van der Waals surface area contributed by atoms with E-state index in [-0.39, 0.29) is 18.1 Å². The first-order chi connectivity index (χ1) is 12.7. The smallest absolute Gasteiger partial charge is 0.315 e. The van der Waals surface area contributed by atoms with Crippen LogP contribution in [0.3, 0.4) is 0 Å². The maximum absolute atomic E-state index is 12.3. The van der Waals surface area contributed by atoms with Crippen molar-refractivity contribution in [3.05, 3.63) is 48.3 Å². The second-order valence-electron chi connectivity index (χ2n) is 7.00. The zero-order chi connectivity index (χ0) is 18.2. The van der Waals surface area contributed by atoms with Crippen LogP contribution >= 0.6 is 0 Å². The van der Waals surface area contributed by atoms with E-state index in [0.29, 0.717) is 6.54 Å². The van der Waals surface area contributed by atoms with E-state index in [9.17, 15) is 4.79 Å². The maximum atomic E-state index is 12.3. The average molecular weight is 359 g/mol. The molecule has 142 valence electrons. The van der Waals surface area contributed by atoms with Gasteiger partial charge in [-0.15, -0.1) is 0 Å². The van der Waals surface area contributed by atoms with Crippen molar-refractivity contribution in [2.45, 2.75) is 51.1 Å². The summed E-state index contributed by atoms with van der Waals surface area (Å²) in [7, 11) is 0. The van der Waals surface area contributed by atoms with Crippen LogP contribution in [-0.4, -0.2) is 36.6 Å². The third-order valence-electron chi connectivity index (χ3n) is 4.94. The molecule has 2 unspecified atom stereocenters. The number of carbonyl (C=O) groups is 1. The lowest BCUT2D eigenvalue weighted by molar-refractivity contribution is 0.143. The van der Waals surface area contributed by atoms with Crippen molar-refractivity contribution in [1.29, 1.82) is 0 Å². The molecule has 1 aliphatic heterocycles. The van der Waals surface area contributed by atoms with Crippen LogP contribution in [0.15, 0.2) is 45.6 Å². The molecule has 2 aromatic heterocycles. The van der Waals surface area contributed by atoms with Crippen LogP contribution in [0.4, 0.5) is 4.79 Å². The third kappa shape index (κ3) is 5.39. The Labute approximate surface area is 154 Å². The van der Waals surface area contributed by atoms with E-state index < -0.39 is 0 Å². The van der Waals surface area contributed by atoms with Crippen molar-refractivity contribution in [3.8, 4) is 0 Å². The molecule has 1 aliphatic rings. The lowest BCUT2D eigenvalue weighted by Gasteiger charge is -2.33. The molecule has 0 aliphatic carbocycles. The summed E-state index contributed by atoms with van der Waals surface area (Å²) >= 11 is 0. The van der Waals surface area contributed by atoms with E-state index in [0.717, 1.165) is 37.5 Å². The fourth-order valence-electron chi connectivity index (χ4n) is 3.47. The number of rotatable bonds is 8. The van der Waals surface area contributed by atoms with Crippen LogP contribution in [0.5, 0.6) is 0 Å². The Hall–Kier alpha value is -2.21. The van der Waals surface area contributed by atoms with E-state index in [2.05, 4.69) is 15.5 Å². The van der Waals surface area contributed by atoms with E-state index in [1.54, 1.807) is 12.5 Å². The van der Waals surface area contributed by atoms with Crippen molar-refractivity contribution in [2.24, 2.45) is 0 Å². The molecule has 0 aromatic carbocycles. The molecule has 0 bridgehead atoms. The molecule has 6 heteroatoms. The SMILES string of the molecule is CC(CCc1ccco1)NC(=O)NCC(c1ccco1)N1CCCCC1. The largest absolute Gasteiger partial charge is 0.469 e. The highest BCUT2D eigenvalue weighted by molar-refractivity contribution is 5.74. The van der Waals surface area contributed by atoms with Crippen molar-refractivity contribution in [1.82, 2.24) is 15.5 Å². The summed E-state index contributed by atoms with van der Waals surface area (Å²) in [5, 5.41) is 6.02. The van der Waals surface area contributed by atoms with Crippen LogP contribution in [0.25, 0.3) is 0 Å². The maximum Gasteiger partial charge on any atom is 0.315 e. The molecule has 2 atom stereocenters. The zero-order valence-electron chi connectivity index (χ0n) is 15.4. The summed E-state index contributed by atoms with van der Waals surface area (Å²) in [6.45, 7) is 4.66. The predicted molar refractivity (Wildman–Crippen MR) is 99.9 cm³/mol. The lowest BCUT2D eigenvalue weighted by Crippen LogP contribution is -2.45. The number of hydrogen-bond donors (Lipinski definition) is 2. The minimum absolute atomic E-state index is 0.0807. The number of urea groups is 1. The topological polar surface area (TPSA) is 70.6 Å². The summed E-state index contributed by atoms with van der Waals surface area (Å²) in [6.07, 6.45) is 8.72. The minimum atomic E-state index is -0.134. The molecule has 0 radical (unpaired) electrons. The fraction of sp³-hybridized carbons (Fsp3) is 0.550. The van der Waals surface area contributed by atoms with Gasteiger partial charge in [0.25, 0.3) is 0 Å². The highest BCUT2D eigenvalue weighted by Gasteiger charge is 2.25. The Balaban J connectivity index is 1.46. The van der Waals surface area contributed by atoms with Gasteiger partial charge in [0, 0.05) is 19.0 Å². The Bertz CT molecular complexity index is 633.